The summed E-state index contributed by atoms with van der Waals surface area (Å²) in [4.78, 5) is 10.9. The Kier molecular flexibility index (Phi) is 4.34. The number of carbonyl (C=O) groups is 1. The van der Waals surface area contributed by atoms with Gasteiger partial charge in [-0.05, 0) is 0 Å². The Balaban J connectivity index is 3.35. The Hall–Kier alpha value is -0.592. The van der Waals surface area contributed by atoms with Crippen LogP contribution in [0.25, 0.3) is 0 Å². The molecule has 8 heteroatoms. The molecule has 0 radical (unpaired) electrons. The average Bonchev–Trinajstić information content (AvgIpc) is 2.16. The molecule has 0 saturated heterocycles. The van der Waals surface area contributed by atoms with E-state index in [-0.39, 0.29) is 14.5 Å². The van der Waals surface area contributed by atoms with Gasteiger partial charge in [-0.3, -0.25) is 0 Å². The van der Waals surface area contributed by atoms with Crippen molar-refractivity contribution in [3.05, 3.63) is 22.7 Å². The van der Waals surface area contributed by atoms with Crippen LogP contribution in [0.1, 0.15) is 6.92 Å². The van der Waals surface area contributed by atoms with Crippen LogP contribution >= 0.6 is 15.9 Å². The van der Waals surface area contributed by atoms with E-state index in [0.717, 1.165) is 0 Å². The predicted octanol–water partition coefficient (Wildman–Crippen LogP) is 0.466. The van der Waals surface area contributed by atoms with Crippen LogP contribution in [0, 0.1) is 0 Å². The Morgan fingerprint density at radius 3 is 2.69 bits per heavy atom. The molecule has 1 atom stereocenters. The van der Waals surface area contributed by atoms with Crippen LogP contribution in [0.4, 0.5) is 5.69 Å². The van der Waals surface area contributed by atoms with Gasteiger partial charge >= 0.3 is 103 Å². The summed E-state index contributed by atoms with van der Waals surface area (Å²) in [5, 5.41) is 10.8. The maximum atomic E-state index is 11.6. The second-order valence-electron chi connectivity index (χ2n) is 2.92. The minimum atomic E-state index is -5.02. The number of halogens is 1. The van der Waals surface area contributed by atoms with Crippen molar-refractivity contribution in [2.75, 3.05) is 5.32 Å². The Morgan fingerprint density at radius 2 is 2.19 bits per heavy atom. The average molecular weight is 354 g/mol. The first-order chi connectivity index (χ1) is 7.38. The van der Waals surface area contributed by atoms with Crippen molar-refractivity contribution < 1.29 is 21.8 Å². The standard InChI is InChI=1S/C8H9AsBrNO5/c1-5(12)11-7-4-2-3-6(10)8(7)9(13,14)16-15/h2-4,15H,1H3,(H,11,12)(H,13,14). The Bertz CT molecular complexity index is 464. The predicted molar refractivity (Wildman–Crippen MR) is 60.5 cm³/mol. The van der Waals surface area contributed by atoms with Crippen LogP contribution in [-0.2, 0) is 12.4 Å². The molecule has 3 N–H and O–H groups in total. The third kappa shape index (κ3) is 2.96. The molecule has 0 fully saturated rings. The van der Waals surface area contributed by atoms with Crippen LogP contribution in [0.15, 0.2) is 22.7 Å². The quantitative estimate of drug-likeness (QED) is 0.417. The zero-order chi connectivity index (χ0) is 12.3. The summed E-state index contributed by atoms with van der Waals surface area (Å²) in [7, 11) is 0. The molecule has 1 rings (SSSR count). The minimum absolute atomic E-state index is 0.126. The zero-order valence-electron chi connectivity index (χ0n) is 8.18. The van der Waals surface area contributed by atoms with Gasteiger partial charge in [0.05, 0.1) is 0 Å². The van der Waals surface area contributed by atoms with E-state index in [1.807, 2.05) is 0 Å². The molecule has 0 aliphatic heterocycles. The molecule has 1 amide bonds. The van der Waals surface area contributed by atoms with Crippen LogP contribution in [0.2, 0.25) is 0 Å². The summed E-state index contributed by atoms with van der Waals surface area (Å²) in [6, 6.07) is 4.51. The number of rotatable bonds is 3. The van der Waals surface area contributed by atoms with Gasteiger partial charge in [-0.1, -0.05) is 0 Å². The van der Waals surface area contributed by atoms with E-state index in [0.29, 0.717) is 0 Å². The van der Waals surface area contributed by atoms with E-state index < -0.39 is 20.1 Å². The van der Waals surface area contributed by atoms with Crippen molar-refractivity contribution >= 4 is 46.0 Å². The van der Waals surface area contributed by atoms with Gasteiger partial charge in [-0.2, -0.15) is 0 Å². The second kappa shape index (κ2) is 5.16. The fraction of sp³-hybridized carbons (Fsp3) is 0.125. The molecule has 0 aliphatic rings. The van der Waals surface area contributed by atoms with Gasteiger partial charge in [0.1, 0.15) is 0 Å². The van der Waals surface area contributed by atoms with E-state index in [9.17, 15) is 12.6 Å². The first-order valence-corrected chi connectivity index (χ1v) is 8.21. The molecule has 0 aromatic heterocycles. The van der Waals surface area contributed by atoms with Gasteiger partial charge in [0, 0.05) is 0 Å². The first kappa shape index (κ1) is 13.5. The molecule has 0 heterocycles. The van der Waals surface area contributed by atoms with Crippen LogP contribution < -0.4 is 9.67 Å². The van der Waals surface area contributed by atoms with E-state index in [4.69, 9.17) is 5.26 Å². The van der Waals surface area contributed by atoms with Crippen molar-refractivity contribution in [3.63, 3.8) is 0 Å². The van der Waals surface area contributed by atoms with Gasteiger partial charge in [0.2, 0.25) is 0 Å². The molecule has 1 aromatic rings. The van der Waals surface area contributed by atoms with Crippen molar-refractivity contribution in [2.24, 2.45) is 0 Å². The molecule has 0 saturated carbocycles. The molecule has 0 spiro atoms. The van der Waals surface area contributed by atoms with Gasteiger partial charge in [0.15, 0.2) is 0 Å². The number of carbonyl (C=O) groups excluding carboxylic acids is 1. The van der Waals surface area contributed by atoms with Crippen LogP contribution in [0.5, 0.6) is 0 Å². The number of hydrogen-bond acceptors (Lipinski definition) is 4. The maximum absolute atomic E-state index is 11.6. The molecule has 16 heavy (non-hydrogen) atoms. The summed E-state index contributed by atoms with van der Waals surface area (Å²) in [5.41, 5.74) is 0.126. The Labute approximate surface area is 103 Å². The van der Waals surface area contributed by atoms with Crippen LogP contribution in [-0.4, -0.2) is 29.4 Å². The summed E-state index contributed by atoms with van der Waals surface area (Å²) < 4.78 is 24.8. The van der Waals surface area contributed by atoms with Gasteiger partial charge in [0.25, 0.3) is 0 Å². The third-order valence-corrected chi connectivity index (χ3v) is 5.68. The molecule has 1 aromatic carbocycles. The van der Waals surface area contributed by atoms with E-state index in [2.05, 4.69) is 25.1 Å². The zero-order valence-corrected chi connectivity index (χ0v) is 11.6. The van der Waals surface area contributed by atoms with Crippen molar-refractivity contribution in [2.45, 2.75) is 6.92 Å². The number of nitrogens with one attached hydrogen (secondary N) is 1. The topological polar surface area (TPSA) is 95.9 Å². The summed E-state index contributed by atoms with van der Waals surface area (Å²) >= 11 is -1.97. The molecule has 6 nitrogen and oxygen atoms in total. The van der Waals surface area contributed by atoms with Crippen molar-refractivity contribution in [1.29, 1.82) is 0 Å². The molecular weight excluding hydrogens is 345 g/mol. The van der Waals surface area contributed by atoms with Gasteiger partial charge in [-0.25, -0.2) is 0 Å². The summed E-state index contributed by atoms with van der Waals surface area (Å²) in [6.45, 7) is 1.26. The molecule has 1 unspecified atom stereocenters. The second-order valence-corrected chi connectivity index (χ2v) is 7.24. The van der Waals surface area contributed by atoms with Gasteiger partial charge < -0.3 is 0 Å². The fourth-order valence-corrected chi connectivity index (χ4v) is 4.47. The monoisotopic (exact) mass is 353 g/mol. The van der Waals surface area contributed by atoms with Crippen molar-refractivity contribution in [1.82, 2.24) is 0 Å². The Morgan fingerprint density at radius 1 is 1.56 bits per heavy atom. The normalized spacial score (nSPS) is 14.2. The van der Waals surface area contributed by atoms with E-state index in [1.54, 1.807) is 6.07 Å². The fourth-order valence-electron chi connectivity index (χ4n) is 1.13. The molecular formula is C8H9AsBrNO5. The number of hydrogen-bond donors (Lipinski definition) is 3. The van der Waals surface area contributed by atoms with Crippen LogP contribution in [0.3, 0.4) is 0 Å². The molecule has 0 aliphatic carbocycles. The summed E-state index contributed by atoms with van der Waals surface area (Å²) in [6.07, 6.45) is 0. The SMILES string of the molecule is CC(=O)Nc1cccc(Br)c1[As](=O)(O)OO. The molecule has 0 bridgehead atoms. The number of anilines is 1. The summed E-state index contributed by atoms with van der Waals surface area (Å²) in [5.74, 6) is -0.396. The first-order valence-electron chi connectivity index (χ1n) is 4.11. The third-order valence-electron chi connectivity index (χ3n) is 1.69. The van der Waals surface area contributed by atoms with E-state index >= 15 is 0 Å². The van der Waals surface area contributed by atoms with E-state index in [1.165, 1.54) is 19.1 Å². The van der Waals surface area contributed by atoms with Gasteiger partial charge in [-0.15, -0.1) is 0 Å². The number of benzene rings is 1. The van der Waals surface area contributed by atoms with Crippen molar-refractivity contribution in [3.8, 4) is 0 Å². The number of amides is 1. The molecule has 88 valence electrons.